The molecule has 0 radical (unpaired) electrons. The molecule has 1 aromatic carbocycles. The Labute approximate surface area is 159 Å². The highest BCUT2D eigenvalue weighted by atomic mass is 35.5. The van der Waals surface area contributed by atoms with Crippen LogP contribution < -0.4 is 10.9 Å². The molecule has 0 bridgehead atoms. The molecule has 0 aliphatic rings. The van der Waals surface area contributed by atoms with Crippen molar-refractivity contribution in [3.05, 3.63) is 65.9 Å². The Bertz CT molecular complexity index is 997. The number of anilines is 1. The number of thiazole rings is 1. The summed E-state index contributed by atoms with van der Waals surface area (Å²) >= 11 is 14.0. The van der Waals surface area contributed by atoms with E-state index >= 15 is 0 Å². The first-order valence-electron chi connectivity index (χ1n) is 7.58. The average molecular weight is 395 g/mol. The second kappa shape index (κ2) is 7.15. The van der Waals surface area contributed by atoms with Crippen molar-refractivity contribution in [3.63, 3.8) is 0 Å². The minimum atomic E-state index is -0.405. The van der Waals surface area contributed by atoms with Crippen LogP contribution in [0.15, 0.2) is 29.2 Å². The molecular formula is C17H16Cl2N4OS. The van der Waals surface area contributed by atoms with Gasteiger partial charge in [0.2, 0.25) is 0 Å². The lowest BCUT2D eigenvalue weighted by atomic mass is 10.2. The van der Waals surface area contributed by atoms with Crippen molar-refractivity contribution in [1.82, 2.24) is 14.8 Å². The van der Waals surface area contributed by atoms with Crippen molar-refractivity contribution in [2.24, 2.45) is 0 Å². The molecule has 0 atom stereocenters. The van der Waals surface area contributed by atoms with Crippen LogP contribution in [0.25, 0.3) is 5.69 Å². The Morgan fingerprint density at radius 3 is 2.64 bits per heavy atom. The SMILES string of the molecule is Cc1nc(CNc2cnn(-c3ccc(C)c(Cl)c3)c(=O)c2Cl)c(C)s1. The number of nitrogens with one attached hydrogen (secondary N) is 1. The summed E-state index contributed by atoms with van der Waals surface area (Å²) in [6, 6.07) is 5.30. The fourth-order valence-electron chi connectivity index (χ4n) is 2.37. The van der Waals surface area contributed by atoms with Gasteiger partial charge >= 0.3 is 0 Å². The summed E-state index contributed by atoms with van der Waals surface area (Å²) in [5.74, 6) is 0. The standard InChI is InChI=1S/C17H16Cl2N4OS/c1-9-4-5-12(6-13(9)18)23-17(24)16(19)15(8-21-23)20-7-14-10(2)25-11(3)22-14/h4-6,8,20H,7H2,1-3H3. The first-order valence-corrected chi connectivity index (χ1v) is 9.15. The maximum absolute atomic E-state index is 12.5. The van der Waals surface area contributed by atoms with E-state index in [-0.39, 0.29) is 5.02 Å². The molecule has 0 fully saturated rings. The van der Waals surface area contributed by atoms with Gasteiger partial charge in [0.05, 0.1) is 34.8 Å². The molecule has 3 rings (SSSR count). The molecule has 5 nitrogen and oxygen atoms in total. The largest absolute Gasteiger partial charge is 0.377 e. The summed E-state index contributed by atoms with van der Waals surface area (Å²) < 4.78 is 1.23. The molecule has 3 aromatic rings. The summed E-state index contributed by atoms with van der Waals surface area (Å²) in [6.45, 7) is 6.35. The second-order valence-corrected chi connectivity index (χ2v) is 7.80. The highest BCUT2D eigenvalue weighted by Gasteiger charge is 2.12. The Hall–Kier alpha value is -1.89. The molecule has 8 heteroatoms. The fraction of sp³-hybridized carbons (Fsp3) is 0.235. The second-order valence-electron chi connectivity index (χ2n) is 5.61. The van der Waals surface area contributed by atoms with Gasteiger partial charge in [-0.15, -0.1) is 11.3 Å². The number of nitrogens with zero attached hydrogens (tertiary/aromatic N) is 3. The van der Waals surface area contributed by atoms with Gasteiger partial charge in [0, 0.05) is 9.90 Å². The molecule has 25 heavy (non-hydrogen) atoms. The number of benzene rings is 1. The minimum Gasteiger partial charge on any atom is -0.377 e. The van der Waals surface area contributed by atoms with E-state index in [9.17, 15) is 4.79 Å². The lowest BCUT2D eigenvalue weighted by molar-refractivity contribution is 0.806. The van der Waals surface area contributed by atoms with E-state index < -0.39 is 5.56 Å². The molecule has 2 aromatic heterocycles. The Morgan fingerprint density at radius 2 is 2.00 bits per heavy atom. The number of hydrogen-bond acceptors (Lipinski definition) is 5. The van der Waals surface area contributed by atoms with Gasteiger partial charge in [0.1, 0.15) is 5.02 Å². The van der Waals surface area contributed by atoms with E-state index in [1.807, 2.05) is 26.8 Å². The first-order chi connectivity index (χ1) is 11.9. The predicted octanol–water partition coefficient (Wildman–Crippen LogP) is 4.53. The molecule has 0 aliphatic carbocycles. The van der Waals surface area contributed by atoms with Crippen molar-refractivity contribution in [3.8, 4) is 5.69 Å². The molecule has 0 spiro atoms. The maximum Gasteiger partial charge on any atom is 0.292 e. The summed E-state index contributed by atoms with van der Waals surface area (Å²) in [5, 5.41) is 8.99. The highest BCUT2D eigenvalue weighted by Crippen LogP contribution is 2.22. The maximum atomic E-state index is 12.5. The van der Waals surface area contributed by atoms with Crippen molar-refractivity contribution in [2.45, 2.75) is 27.3 Å². The van der Waals surface area contributed by atoms with Gasteiger partial charge in [-0.05, 0) is 38.5 Å². The average Bonchev–Trinajstić information content (AvgIpc) is 2.89. The van der Waals surface area contributed by atoms with Crippen LogP contribution in [-0.4, -0.2) is 14.8 Å². The van der Waals surface area contributed by atoms with Crippen LogP contribution in [-0.2, 0) is 6.54 Å². The monoisotopic (exact) mass is 394 g/mol. The molecule has 0 saturated heterocycles. The van der Waals surface area contributed by atoms with Gasteiger partial charge in [0.15, 0.2) is 0 Å². The van der Waals surface area contributed by atoms with Crippen molar-refractivity contribution in [2.75, 3.05) is 5.32 Å². The first kappa shape index (κ1) is 17.9. The molecular weight excluding hydrogens is 379 g/mol. The Balaban J connectivity index is 1.88. The number of aromatic nitrogens is 3. The highest BCUT2D eigenvalue weighted by molar-refractivity contribution is 7.11. The third kappa shape index (κ3) is 3.71. The fourth-order valence-corrected chi connectivity index (χ4v) is 3.57. The van der Waals surface area contributed by atoms with Crippen molar-refractivity contribution >= 4 is 40.2 Å². The number of rotatable bonds is 4. The van der Waals surface area contributed by atoms with Gasteiger partial charge in [-0.1, -0.05) is 29.3 Å². The molecule has 1 N–H and O–H groups in total. The van der Waals surface area contributed by atoms with Crippen LogP contribution in [0.1, 0.15) is 21.1 Å². The van der Waals surface area contributed by atoms with Crippen molar-refractivity contribution in [1.29, 1.82) is 0 Å². The molecule has 2 heterocycles. The van der Waals surface area contributed by atoms with E-state index in [0.29, 0.717) is 22.9 Å². The summed E-state index contributed by atoms with van der Waals surface area (Å²) in [5.41, 5.74) is 2.51. The normalized spacial score (nSPS) is 10.9. The van der Waals surface area contributed by atoms with Crippen LogP contribution in [0, 0.1) is 20.8 Å². The minimum absolute atomic E-state index is 0.0799. The smallest absolute Gasteiger partial charge is 0.292 e. The molecule has 0 saturated carbocycles. The van der Waals surface area contributed by atoms with E-state index in [2.05, 4.69) is 15.4 Å². The van der Waals surface area contributed by atoms with Crippen LogP contribution in [0.3, 0.4) is 0 Å². The van der Waals surface area contributed by atoms with Gasteiger partial charge in [-0.2, -0.15) is 9.78 Å². The number of aryl methyl sites for hydroxylation is 3. The Morgan fingerprint density at radius 1 is 1.24 bits per heavy atom. The molecule has 0 unspecified atom stereocenters. The van der Waals surface area contributed by atoms with Crippen LogP contribution >= 0.6 is 34.5 Å². The van der Waals surface area contributed by atoms with E-state index in [1.165, 1.54) is 10.9 Å². The zero-order valence-electron chi connectivity index (χ0n) is 13.9. The molecule has 0 aliphatic heterocycles. The van der Waals surface area contributed by atoms with Crippen LogP contribution in [0.5, 0.6) is 0 Å². The van der Waals surface area contributed by atoms with Gasteiger partial charge in [-0.25, -0.2) is 4.98 Å². The molecule has 130 valence electrons. The lowest BCUT2D eigenvalue weighted by Gasteiger charge is -2.10. The quantitative estimate of drug-likeness (QED) is 0.705. The van der Waals surface area contributed by atoms with Crippen LogP contribution in [0.4, 0.5) is 5.69 Å². The van der Waals surface area contributed by atoms with E-state index in [4.69, 9.17) is 23.2 Å². The van der Waals surface area contributed by atoms with Crippen molar-refractivity contribution < 1.29 is 0 Å². The van der Waals surface area contributed by atoms with E-state index in [0.717, 1.165) is 21.1 Å². The lowest BCUT2D eigenvalue weighted by Crippen LogP contribution is -2.22. The Kier molecular flexibility index (Phi) is 5.13. The molecule has 0 amide bonds. The predicted molar refractivity (Wildman–Crippen MR) is 104 cm³/mol. The zero-order chi connectivity index (χ0) is 18.1. The summed E-state index contributed by atoms with van der Waals surface area (Å²) in [7, 11) is 0. The van der Waals surface area contributed by atoms with Gasteiger partial charge < -0.3 is 5.32 Å². The van der Waals surface area contributed by atoms with Crippen LogP contribution in [0.2, 0.25) is 10.0 Å². The number of halogens is 2. The third-order valence-corrected chi connectivity index (χ3v) is 5.47. The third-order valence-electron chi connectivity index (χ3n) is 3.76. The van der Waals surface area contributed by atoms with Gasteiger partial charge in [0.25, 0.3) is 5.56 Å². The summed E-state index contributed by atoms with van der Waals surface area (Å²) in [4.78, 5) is 18.1. The summed E-state index contributed by atoms with van der Waals surface area (Å²) in [6.07, 6.45) is 1.53. The number of hydrogen-bond donors (Lipinski definition) is 1. The van der Waals surface area contributed by atoms with Gasteiger partial charge in [-0.3, -0.25) is 4.79 Å². The zero-order valence-corrected chi connectivity index (χ0v) is 16.3. The van der Waals surface area contributed by atoms with E-state index in [1.54, 1.807) is 23.5 Å². The topological polar surface area (TPSA) is 59.8 Å².